The molecule has 0 spiro atoms. The highest BCUT2D eigenvalue weighted by molar-refractivity contribution is 6.07. The van der Waals surface area contributed by atoms with Gasteiger partial charge in [0.1, 0.15) is 11.4 Å². The minimum Gasteiger partial charge on any atom is -0.331 e. The molecule has 0 aliphatic carbocycles. The third-order valence-electron chi connectivity index (χ3n) is 4.03. The number of rotatable bonds is 3. The van der Waals surface area contributed by atoms with Crippen LogP contribution in [0.1, 0.15) is 18.1 Å². The Morgan fingerprint density at radius 2 is 1.89 bits per heavy atom. The van der Waals surface area contributed by atoms with Crippen LogP contribution in [0.4, 0.5) is 19.0 Å². The lowest BCUT2D eigenvalue weighted by Crippen LogP contribution is -2.61. The molecule has 0 bridgehead atoms. The fourth-order valence-corrected chi connectivity index (χ4v) is 2.91. The number of nitrogens with zero attached hydrogens (tertiary/aromatic N) is 2. The maximum Gasteiger partial charge on any atom is 0.425 e. The van der Waals surface area contributed by atoms with E-state index in [1.165, 1.54) is 29.8 Å². The molecule has 0 aromatic carbocycles. The lowest BCUT2D eigenvalue weighted by atomic mass is 9.92. The lowest BCUT2D eigenvalue weighted by Gasteiger charge is -2.29. The molecule has 0 saturated carbocycles. The van der Waals surface area contributed by atoms with Crippen LogP contribution in [0.25, 0.3) is 0 Å². The van der Waals surface area contributed by atoms with Gasteiger partial charge in [-0.05, 0) is 17.7 Å². The highest BCUT2D eigenvalue weighted by atomic mass is 19.4. The molecule has 27 heavy (non-hydrogen) atoms. The number of fused-ring (bicyclic) bond motifs is 1. The van der Waals surface area contributed by atoms with E-state index in [1.54, 1.807) is 4.98 Å². The Bertz CT molecular complexity index is 1040. The first-order valence-corrected chi connectivity index (χ1v) is 7.51. The summed E-state index contributed by atoms with van der Waals surface area (Å²) in [7, 11) is 0. The summed E-state index contributed by atoms with van der Waals surface area (Å²) in [6.45, 7) is 0.536. The number of hydrogen-bond donors (Lipinski definition) is 3. The zero-order valence-electron chi connectivity index (χ0n) is 13.7. The van der Waals surface area contributed by atoms with Crippen LogP contribution in [-0.2, 0) is 21.7 Å². The molecular formula is C15H12F3N5O4. The quantitative estimate of drug-likeness (QED) is 0.678. The first kappa shape index (κ1) is 18.4. The minimum absolute atomic E-state index is 0.241. The number of aromatic nitrogens is 3. The number of anilines is 1. The van der Waals surface area contributed by atoms with E-state index < -0.39 is 46.2 Å². The molecule has 3 N–H and O–H groups in total. The van der Waals surface area contributed by atoms with Crippen molar-refractivity contribution in [2.24, 2.45) is 0 Å². The van der Waals surface area contributed by atoms with E-state index in [9.17, 15) is 32.3 Å². The summed E-state index contributed by atoms with van der Waals surface area (Å²) in [6, 6.07) is 3.01. The Morgan fingerprint density at radius 1 is 1.26 bits per heavy atom. The Balaban J connectivity index is 2.30. The zero-order chi connectivity index (χ0) is 20.0. The second kappa shape index (κ2) is 6.07. The normalized spacial score (nSPS) is 18.7. The first-order chi connectivity index (χ1) is 12.6. The van der Waals surface area contributed by atoms with Crippen LogP contribution in [0.15, 0.2) is 34.1 Å². The molecule has 1 atom stereocenters. The number of carbonyl (C=O) groups is 2. The molecule has 3 heterocycles. The van der Waals surface area contributed by atoms with Crippen LogP contribution in [0.3, 0.4) is 0 Å². The van der Waals surface area contributed by atoms with E-state index in [-0.39, 0.29) is 6.54 Å². The predicted molar refractivity (Wildman–Crippen MR) is 84.8 cm³/mol. The van der Waals surface area contributed by atoms with Gasteiger partial charge in [-0.15, -0.1) is 0 Å². The molecule has 12 heteroatoms. The number of alkyl halides is 3. The Morgan fingerprint density at radius 3 is 2.44 bits per heavy atom. The monoisotopic (exact) mass is 383 g/mol. The van der Waals surface area contributed by atoms with Gasteiger partial charge in [-0.25, -0.2) is 4.79 Å². The SMILES string of the molecule is CC(=O)N[C@]1(C(F)(F)F)C(=O)Nc2c1c(=O)[nH]c(=O)n2Cc1ccncc1. The number of carbonyl (C=O) groups excluding carboxylic acids is 2. The summed E-state index contributed by atoms with van der Waals surface area (Å²) in [6.07, 6.45) is -2.52. The number of aromatic amines is 1. The van der Waals surface area contributed by atoms with Crippen molar-refractivity contribution in [3.63, 3.8) is 0 Å². The maximum absolute atomic E-state index is 13.8. The summed E-state index contributed by atoms with van der Waals surface area (Å²) in [5.74, 6) is -3.49. The van der Waals surface area contributed by atoms with Gasteiger partial charge in [-0.2, -0.15) is 13.2 Å². The second-order valence-electron chi connectivity index (χ2n) is 5.81. The molecule has 142 valence electrons. The van der Waals surface area contributed by atoms with Gasteiger partial charge in [0.25, 0.3) is 11.5 Å². The average molecular weight is 383 g/mol. The molecule has 0 fully saturated rings. The summed E-state index contributed by atoms with van der Waals surface area (Å²) in [4.78, 5) is 53.6. The molecule has 1 aliphatic rings. The van der Waals surface area contributed by atoms with Gasteiger partial charge in [0.15, 0.2) is 0 Å². The van der Waals surface area contributed by atoms with Crippen LogP contribution >= 0.6 is 0 Å². The number of hydrogen-bond acceptors (Lipinski definition) is 5. The number of halogens is 3. The smallest absolute Gasteiger partial charge is 0.331 e. The number of amides is 2. The van der Waals surface area contributed by atoms with E-state index in [2.05, 4.69) is 4.98 Å². The topological polar surface area (TPSA) is 126 Å². The summed E-state index contributed by atoms with van der Waals surface area (Å²) in [5, 5.41) is 3.46. The van der Waals surface area contributed by atoms with Crippen molar-refractivity contribution in [2.75, 3.05) is 5.32 Å². The van der Waals surface area contributed by atoms with E-state index in [4.69, 9.17) is 0 Å². The fraction of sp³-hybridized carbons (Fsp3) is 0.267. The molecule has 0 unspecified atom stereocenters. The molecule has 9 nitrogen and oxygen atoms in total. The Labute approximate surface area is 148 Å². The van der Waals surface area contributed by atoms with Crippen LogP contribution in [0, 0.1) is 0 Å². The second-order valence-corrected chi connectivity index (χ2v) is 5.81. The minimum atomic E-state index is -5.33. The number of H-pyrrole nitrogens is 1. The van der Waals surface area contributed by atoms with Gasteiger partial charge in [-0.3, -0.25) is 28.9 Å². The fourth-order valence-electron chi connectivity index (χ4n) is 2.91. The zero-order valence-corrected chi connectivity index (χ0v) is 13.7. The third kappa shape index (κ3) is 2.78. The van der Waals surface area contributed by atoms with Crippen molar-refractivity contribution in [1.29, 1.82) is 0 Å². The predicted octanol–water partition coefficient (Wildman–Crippen LogP) is -0.174. The van der Waals surface area contributed by atoms with Crippen molar-refractivity contribution in [3.8, 4) is 0 Å². The Hall–Kier alpha value is -3.44. The molecule has 2 amide bonds. The van der Waals surface area contributed by atoms with Crippen molar-refractivity contribution < 1.29 is 22.8 Å². The van der Waals surface area contributed by atoms with Crippen molar-refractivity contribution in [2.45, 2.75) is 25.2 Å². The molecule has 2 aromatic rings. The van der Waals surface area contributed by atoms with E-state index in [1.807, 2.05) is 5.32 Å². The molecule has 1 aliphatic heterocycles. The summed E-state index contributed by atoms with van der Waals surface area (Å²) in [5.41, 5.74) is -6.65. The molecular weight excluding hydrogens is 371 g/mol. The maximum atomic E-state index is 13.8. The van der Waals surface area contributed by atoms with Gasteiger partial charge >= 0.3 is 11.9 Å². The lowest BCUT2D eigenvalue weighted by molar-refractivity contribution is -0.200. The first-order valence-electron chi connectivity index (χ1n) is 7.51. The highest BCUT2D eigenvalue weighted by Crippen LogP contribution is 2.44. The van der Waals surface area contributed by atoms with Gasteiger partial charge in [0.05, 0.1) is 6.54 Å². The molecule has 0 radical (unpaired) electrons. The Kier molecular flexibility index (Phi) is 4.13. The molecule has 3 rings (SSSR count). The van der Waals surface area contributed by atoms with Crippen molar-refractivity contribution in [1.82, 2.24) is 19.9 Å². The third-order valence-corrected chi connectivity index (χ3v) is 4.03. The van der Waals surface area contributed by atoms with Crippen molar-refractivity contribution in [3.05, 3.63) is 56.5 Å². The highest BCUT2D eigenvalue weighted by Gasteiger charge is 2.68. The average Bonchev–Trinajstić information content (AvgIpc) is 2.85. The van der Waals surface area contributed by atoms with Crippen LogP contribution in [0.2, 0.25) is 0 Å². The van der Waals surface area contributed by atoms with Crippen LogP contribution < -0.4 is 21.9 Å². The van der Waals surface area contributed by atoms with E-state index in [0.29, 0.717) is 5.56 Å². The van der Waals surface area contributed by atoms with Gasteiger partial charge in [-0.1, -0.05) is 0 Å². The number of pyridine rings is 1. The van der Waals surface area contributed by atoms with Gasteiger partial charge in [0, 0.05) is 19.3 Å². The van der Waals surface area contributed by atoms with E-state index >= 15 is 0 Å². The van der Waals surface area contributed by atoms with E-state index in [0.717, 1.165) is 11.5 Å². The van der Waals surface area contributed by atoms with Crippen molar-refractivity contribution >= 4 is 17.6 Å². The summed E-state index contributed by atoms with van der Waals surface area (Å²) < 4.78 is 42.2. The molecule has 0 saturated heterocycles. The molecule has 2 aromatic heterocycles. The largest absolute Gasteiger partial charge is 0.425 e. The standard InChI is InChI=1S/C15H12F3N5O4/c1-7(24)22-14(15(16,17)18)9-10(20-12(14)26)23(13(27)21-11(9)25)6-8-2-4-19-5-3-8/h2-5H,6H2,1H3,(H,20,26)(H,22,24)(H,21,25,27)/t14-/m0/s1. The van der Waals surface area contributed by atoms with Crippen LogP contribution in [0.5, 0.6) is 0 Å². The van der Waals surface area contributed by atoms with Gasteiger partial charge in [0.2, 0.25) is 11.4 Å². The number of nitrogens with one attached hydrogen (secondary N) is 3. The summed E-state index contributed by atoms with van der Waals surface area (Å²) >= 11 is 0. The van der Waals surface area contributed by atoms with Crippen LogP contribution in [-0.4, -0.2) is 32.5 Å². The van der Waals surface area contributed by atoms with Gasteiger partial charge < -0.3 is 10.6 Å².